The predicted octanol–water partition coefficient (Wildman–Crippen LogP) is 13.9. The minimum Gasteiger partial charge on any atom is -0.456 e. The Bertz CT molecular complexity index is 3530. The molecular weight excluding hydrogens is 717 g/mol. The zero-order chi connectivity index (χ0) is 37.5. The molecule has 0 spiro atoms. The van der Waals surface area contributed by atoms with Gasteiger partial charge in [-0.3, -0.25) is 0 Å². The monoisotopic (exact) mass is 746 g/mol. The Morgan fingerprint density at radius 3 is 1.91 bits per heavy atom. The molecule has 0 amide bonds. The fourth-order valence-corrected chi connectivity index (χ4v) is 9.76. The van der Waals surface area contributed by atoms with Crippen molar-refractivity contribution in [3.05, 3.63) is 182 Å². The fraction of sp³-hybridized carbons (Fsp3) is 0. The number of nitrogens with zero attached hydrogens (tertiary/aromatic N) is 4. The van der Waals surface area contributed by atoms with Crippen molar-refractivity contribution in [3.63, 3.8) is 0 Å². The lowest BCUT2D eigenvalue weighted by Gasteiger charge is -2.14. The van der Waals surface area contributed by atoms with E-state index in [-0.39, 0.29) is 0 Å². The first-order chi connectivity index (χ1) is 28.3. The summed E-state index contributed by atoms with van der Waals surface area (Å²) in [5, 5.41) is 7.16. The van der Waals surface area contributed by atoms with E-state index in [2.05, 4.69) is 132 Å². The molecule has 4 heterocycles. The SMILES string of the molecule is c1ccc(-c2nc(-c3ccc4c(c3)oc3ccccc34)nc(-c3ccccc3-n3c4ccccc4c4c5c(ccc43)sc3c(-c4ccccc4)cccc35)n2)cc1. The molecule has 0 atom stereocenters. The number of thiophene rings is 1. The van der Waals surface area contributed by atoms with Crippen LogP contribution < -0.4 is 0 Å². The molecule has 0 unspecified atom stereocenters. The molecule has 12 rings (SSSR count). The number of fused-ring (bicyclic) bond motifs is 10. The number of furan rings is 1. The molecule has 0 aliphatic carbocycles. The van der Waals surface area contributed by atoms with Crippen LogP contribution in [0, 0.1) is 0 Å². The Hall–Kier alpha value is -7.41. The molecule has 8 aromatic carbocycles. The molecule has 266 valence electrons. The van der Waals surface area contributed by atoms with Crippen molar-refractivity contribution in [2.24, 2.45) is 0 Å². The Kier molecular flexibility index (Phi) is 7.03. The Morgan fingerprint density at radius 2 is 1.05 bits per heavy atom. The summed E-state index contributed by atoms with van der Waals surface area (Å²) in [5.41, 5.74) is 10.1. The summed E-state index contributed by atoms with van der Waals surface area (Å²) in [6.07, 6.45) is 0. The van der Waals surface area contributed by atoms with E-state index < -0.39 is 0 Å². The molecule has 0 saturated carbocycles. The molecule has 0 saturated heterocycles. The van der Waals surface area contributed by atoms with Gasteiger partial charge < -0.3 is 8.98 Å². The summed E-state index contributed by atoms with van der Waals surface area (Å²) in [5.74, 6) is 1.79. The Balaban J connectivity index is 1.10. The van der Waals surface area contributed by atoms with Gasteiger partial charge in [-0.25, -0.2) is 15.0 Å². The van der Waals surface area contributed by atoms with Crippen LogP contribution >= 0.6 is 11.3 Å². The van der Waals surface area contributed by atoms with E-state index in [0.29, 0.717) is 17.5 Å². The maximum atomic E-state index is 6.30. The minimum absolute atomic E-state index is 0.582. The van der Waals surface area contributed by atoms with Gasteiger partial charge in [0.1, 0.15) is 11.2 Å². The standard InChI is InChI=1S/C51H30N4OS/c1-3-14-31(15-4-1)34-21-13-22-39-47-45(57-48(34)39)29-28-42-46(47)37-19-7-10-23-40(37)55(42)41-24-11-8-20-38(41)51-53-49(32-16-5-2-6-17-32)52-50(54-51)33-26-27-36-35-18-9-12-25-43(35)56-44(36)30-33/h1-30H. The van der Waals surface area contributed by atoms with Crippen molar-refractivity contribution >= 4 is 75.3 Å². The second kappa shape index (κ2) is 12.6. The molecule has 0 aliphatic rings. The van der Waals surface area contributed by atoms with Gasteiger partial charge in [0.2, 0.25) is 0 Å². The number of rotatable bonds is 5. The molecule has 0 N–H and O–H groups in total. The lowest BCUT2D eigenvalue weighted by Crippen LogP contribution is -2.03. The smallest absolute Gasteiger partial charge is 0.166 e. The molecule has 5 nitrogen and oxygen atoms in total. The van der Waals surface area contributed by atoms with E-state index in [9.17, 15) is 0 Å². The summed E-state index contributed by atoms with van der Waals surface area (Å²) < 4.78 is 11.3. The summed E-state index contributed by atoms with van der Waals surface area (Å²) in [6.45, 7) is 0. The summed E-state index contributed by atoms with van der Waals surface area (Å²) in [7, 11) is 0. The van der Waals surface area contributed by atoms with Crippen molar-refractivity contribution < 1.29 is 4.42 Å². The maximum absolute atomic E-state index is 6.30. The Labute approximate surface area is 330 Å². The van der Waals surface area contributed by atoms with Crippen molar-refractivity contribution in [3.8, 4) is 51.0 Å². The maximum Gasteiger partial charge on any atom is 0.166 e. The second-order valence-electron chi connectivity index (χ2n) is 14.3. The molecule has 6 heteroatoms. The largest absolute Gasteiger partial charge is 0.456 e. The highest BCUT2D eigenvalue weighted by atomic mass is 32.1. The highest BCUT2D eigenvalue weighted by Gasteiger charge is 2.22. The van der Waals surface area contributed by atoms with Crippen LogP contribution in [0.4, 0.5) is 0 Å². The molecular formula is C51H30N4OS. The Morgan fingerprint density at radius 1 is 0.404 bits per heavy atom. The van der Waals surface area contributed by atoms with Crippen molar-refractivity contribution in [2.75, 3.05) is 0 Å². The van der Waals surface area contributed by atoms with Crippen molar-refractivity contribution in [1.29, 1.82) is 0 Å². The van der Waals surface area contributed by atoms with Crippen LogP contribution in [0.2, 0.25) is 0 Å². The van der Waals surface area contributed by atoms with Crippen LogP contribution in [0.3, 0.4) is 0 Å². The van der Waals surface area contributed by atoms with Gasteiger partial charge in [-0.15, -0.1) is 11.3 Å². The van der Waals surface area contributed by atoms with Gasteiger partial charge in [0.25, 0.3) is 0 Å². The van der Waals surface area contributed by atoms with Crippen LogP contribution in [0.5, 0.6) is 0 Å². The first-order valence-electron chi connectivity index (χ1n) is 19.0. The quantitative estimate of drug-likeness (QED) is 0.176. The molecule has 4 aromatic heterocycles. The van der Waals surface area contributed by atoms with Crippen molar-refractivity contribution in [1.82, 2.24) is 19.5 Å². The first kappa shape index (κ1) is 31.9. The lowest BCUT2D eigenvalue weighted by molar-refractivity contribution is 0.669. The van der Waals surface area contributed by atoms with Gasteiger partial charge in [0.15, 0.2) is 17.5 Å². The fourth-order valence-electron chi connectivity index (χ4n) is 8.52. The molecule has 12 aromatic rings. The van der Waals surface area contributed by atoms with E-state index in [1.807, 2.05) is 65.9 Å². The van der Waals surface area contributed by atoms with E-state index >= 15 is 0 Å². The summed E-state index contributed by atoms with van der Waals surface area (Å²) in [4.78, 5) is 15.5. The van der Waals surface area contributed by atoms with Crippen LogP contribution in [0.15, 0.2) is 186 Å². The van der Waals surface area contributed by atoms with Crippen molar-refractivity contribution in [2.45, 2.75) is 0 Å². The van der Waals surface area contributed by atoms with Crippen LogP contribution in [-0.4, -0.2) is 19.5 Å². The molecule has 0 radical (unpaired) electrons. The van der Waals surface area contributed by atoms with E-state index in [1.165, 1.54) is 42.1 Å². The number of para-hydroxylation sites is 3. The van der Waals surface area contributed by atoms with E-state index in [0.717, 1.165) is 55.3 Å². The number of aromatic nitrogens is 4. The molecule has 0 fully saturated rings. The molecule has 0 aliphatic heterocycles. The van der Waals surface area contributed by atoms with Gasteiger partial charge in [-0.2, -0.15) is 0 Å². The lowest BCUT2D eigenvalue weighted by atomic mass is 10.0. The van der Waals surface area contributed by atoms with E-state index in [1.54, 1.807) is 0 Å². The highest BCUT2D eigenvalue weighted by molar-refractivity contribution is 7.26. The van der Waals surface area contributed by atoms with Gasteiger partial charge in [0, 0.05) is 58.4 Å². The summed E-state index contributed by atoms with van der Waals surface area (Å²) >= 11 is 1.87. The van der Waals surface area contributed by atoms with Gasteiger partial charge in [-0.1, -0.05) is 133 Å². The third-order valence-corrected chi connectivity index (χ3v) is 12.3. The molecule has 57 heavy (non-hydrogen) atoms. The third-order valence-electron chi connectivity index (χ3n) is 11.1. The van der Waals surface area contributed by atoms with Crippen LogP contribution in [-0.2, 0) is 0 Å². The van der Waals surface area contributed by atoms with Gasteiger partial charge >= 0.3 is 0 Å². The van der Waals surface area contributed by atoms with E-state index in [4.69, 9.17) is 19.4 Å². The minimum atomic E-state index is 0.582. The predicted molar refractivity (Wildman–Crippen MR) is 236 cm³/mol. The topological polar surface area (TPSA) is 56.7 Å². The number of hydrogen-bond donors (Lipinski definition) is 0. The first-order valence-corrected chi connectivity index (χ1v) is 19.8. The van der Waals surface area contributed by atoms with Crippen LogP contribution in [0.1, 0.15) is 0 Å². The zero-order valence-corrected chi connectivity index (χ0v) is 31.2. The van der Waals surface area contributed by atoms with Gasteiger partial charge in [0.05, 0.1) is 16.7 Å². The summed E-state index contributed by atoms with van der Waals surface area (Å²) in [6, 6.07) is 63.7. The highest BCUT2D eigenvalue weighted by Crippen LogP contribution is 2.46. The third kappa shape index (κ3) is 4.98. The normalized spacial score (nSPS) is 11.9. The number of benzene rings is 8. The van der Waals surface area contributed by atoms with Crippen LogP contribution in [0.25, 0.3) is 115 Å². The van der Waals surface area contributed by atoms with Gasteiger partial charge in [-0.05, 0) is 59.7 Å². The zero-order valence-electron chi connectivity index (χ0n) is 30.4. The average molecular weight is 747 g/mol. The average Bonchev–Trinajstić information content (AvgIpc) is 3.96. The second-order valence-corrected chi connectivity index (χ2v) is 15.4. The number of hydrogen-bond acceptors (Lipinski definition) is 5. The molecule has 0 bridgehead atoms.